The molecule has 3 aromatic heterocycles. The van der Waals surface area contributed by atoms with Crippen molar-refractivity contribution in [2.75, 3.05) is 0 Å². The van der Waals surface area contributed by atoms with E-state index in [0.29, 0.717) is 45.2 Å². The van der Waals surface area contributed by atoms with Crippen LogP contribution in [-0.2, 0) is 17.0 Å². The monoisotopic (exact) mass is 475 g/mol. The number of nitrogens with one attached hydrogen (secondary N) is 1. The van der Waals surface area contributed by atoms with Crippen LogP contribution in [0, 0.1) is 19.3 Å². The average Bonchev–Trinajstić information content (AvgIpc) is 3.17. The van der Waals surface area contributed by atoms with Gasteiger partial charge in [-0.1, -0.05) is 15.9 Å². The maximum atomic E-state index is 13.6. The summed E-state index contributed by atoms with van der Waals surface area (Å²) in [5.41, 5.74) is 4.73. The third kappa shape index (κ3) is 3.49. The van der Waals surface area contributed by atoms with Crippen LogP contribution in [0.4, 0.5) is 3.89 Å². The molecule has 0 bridgehead atoms. The molecular formula is C25H18FN3O4S. The highest BCUT2D eigenvalue weighted by atomic mass is 32.3. The summed E-state index contributed by atoms with van der Waals surface area (Å²) in [4.78, 5) is 20.9. The van der Waals surface area contributed by atoms with Crippen molar-refractivity contribution in [3.8, 4) is 29.2 Å². The Balaban J connectivity index is 1.82. The van der Waals surface area contributed by atoms with E-state index >= 15 is 0 Å². The highest BCUT2D eigenvalue weighted by Crippen LogP contribution is 2.32. The molecule has 7 nitrogen and oxygen atoms in total. The van der Waals surface area contributed by atoms with Crippen molar-refractivity contribution in [2.24, 2.45) is 0 Å². The Hall–Kier alpha value is -4.16. The van der Waals surface area contributed by atoms with Gasteiger partial charge in [0.05, 0.1) is 17.1 Å². The quantitative estimate of drug-likeness (QED) is 0.303. The van der Waals surface area contributed by atoms with Crippen LogP contribution < -0.4 is 9.61 Å². The van der Waals surface area contributed by atoms with Crippen molar-refractivity contribution < 1.29 is 16.5 Å². The molecule has 0 atom stereocenters. The Bertz CT molecular complexity index is 1850. The number of aromatic amines is 1. The Kier molecular flexibility index (Phi) is 4.92. The summed E-state index contributed by atoms with van der Waals surface area (Å²) in [6.45, 7) is 4.39. The molecule has 0 unspecified atom stereocenters. The molecule has 0 aliphatic carbocycles. The molecule has 0 saturated heterocycles. The smallest absolute Gasteiger partial charge is 0.357 e. The molecule has 9 heteroatoms. The minimum absolute atomic E-state index is 0.109. The van der Waals surface area contributed by atoms with Crippen LogP contribution >= 0.6 is 0 Å². The lowest BCUT2D eigenvalue weighted by Crippen LogP contribution is -2.11. The van der Waals surface area contributed by atoms with Gasteiger partial charge in [-0.25, -0.2) is 0 Å². The molecule has 0 radical (unpaired) electrons. The molecule has 0 saturated carbocycles. The molecule has 0 amide bonds. The second kappa shape index (κ2) is 7.71. The Morgan fingerprint density at radius 2 is 1.97 bits per heavy atom. The average molecular weight is 476 g/mol. The number of hydrogen-bond donors (Lipinski definition) is 1. The van der Waals surface area contributed by atoms with Gasteiger partial charge in [-0.05, 0) is 55.3 Å². The Morgan fingerprint density at radius 1 is 1.18 bits per heavy atom. The van der Waals surface area contributed by atoms with Crippen LogP contribution in [0.15, 0.2) is 53.6 Å². The highest BCUT2D eigenvalue weighted by Gasteiger charge is 2.18. The van der Waals surface area contributed by atoms with Crippen LogP contribution in [-0.4, -0.2) is 23.0 Å². The van der Waals surface area contributed by atoms with E-state index in [1.807, 2.05) is 42.7 Å². The summed E-state index contributed by atoms with van der Waals surface area (Å²) >= 11 is 0. The van der Waals surface area contributed by atoms with Gasteiger partial charge in [0.25, 0.3) is 0 Å². The minimum Gasteiger partial charge on any atom is -0.357 e. The van der Waals surface area contributed by atoms with Crippen molar-refractivity contribution >= 4 is 43.3 Å². The molecule has 170 valence electrons. The first-order valence-electron chi connectivity index (χ1n) is 10.4. The number of nitrogens with zero attached hydrogens (tertiary/aromatic N) is 2. The van der Waals surface area contributed by atoms with E-state index in [4.69, 9.17) is 6.42 Å². The number of aryl methyl sites for hydroxylation is 2. The van der Waals surface area contributed by atoms with E-state index in [0.717, 1.165) is 22.7 Å². The van der Waals surface area contributed by atoms with Crippen LogP contribution in [0.1, 0.15) is 18.1 Å². The maximum Gasteiger partial charge on any atom is 0.488 e. The molecule has 3 heterocycles. The van der Waals surface area contributed by atoms with Gasteiger partial charge in [0, 0.05) is 40.2 Å². The van der Waals surface area contributed by atoms with Gasteiger partial charge in [0.15, 0.2) is 11.2 Å². The second-order valence-corrected chi connectivity index (χ2v) is 8.85. The SMILES string of the molecule is C#Cc1ccc2c(c1)[nH]c1c2c(=O)c2cc(C)c(-c3cncc(OS(=O)(=O)F)c3)cc2n1CC. The number of fused-ring (bicyclic) bond motifs is 4. The first-order chi connectivity index (χ1) is 16.2. The lowest BCUT2D eigenvalue weighted by molar-refractivity contribution is 0.439. The summed E-state index contributed by atoms with van der Waals surface area (Å²) in [5.74, 6) is 2.36. The van der Waals surface area contributed by atoms with Crippen molar-refractivity contribution in [3.05, 3.63) is 70.1 Å². The number of rotatable bonds is 4. The van der Waals surface area contributed by atoms with Crippen LogP contribution in [0.2, 0.25) is 0 Å². The van der Waals surface area contributed by atoms with Gasteiger partial charge >= 0.3 is 10.5 Å². The van der Waals surface area contributed by atoms with Gasteiger partial charge in [-0.2, -0.15) is 8.42 Å². The van der Waals surface area contributed by atoms with E-state index in [1.165, 1.54) is 12.3 Å². The molecule has 5 rings (SSSR count). The van der Waals surface area contributed by atoms with Crippen molar-refractivity contribution in [1.82, 2.24) is 14.5 Å². The molecule has 0 aliphatic rings. The number of hydrogen-bond acceptors (Lipinski definition) is 5. The van der Waals surface area contributed by atoms with Crippen molar-refractivity contribution in [1.29, 1.82) is 0 Å². The summed E-state index contributed by atoms with van der Waals surface area (Å²) < 4.78 is 41.1. The second-order valence-electron chi connectivity index (χ2n) is 7.90. The van der Waals surface area contributed by atoms with Crippen LogP contribution in [0.5, 0.6) is 5.75 Å². The summed E-state index contributed by atoms with van der Waals surface area (Å²) in [6.07, 6.45) is 8.16. The van der Waals surface area contributed by atoms with Gasteiger partial charge in [-0.15, -0.1) is 6.42 Å². The number of pyridine rings is 2. The third-order valence-corrected chi connectivity index (χ3v) is 6.25. The predicted octanol–water partition coefficient (Wildman–Crippen LogP) is 4.60. The largest absolute Gasteiger partial charge is 0.488 e. The van der Waals surface area contributed by atoms with Gasteiger partial charge in [-0.3, -0.25) is 9.78 Å². The summed E-state index contributed by atoms with van der Waals surface area (Å²) in [7, 11) is -5.18. The zero-order valence-corrected chi connectivity index (χ0v) is 19.0. The lowest BCUT2D eigenvalue weighted by Gasteiger charge is -2.14. The van der Waals surface area contributed by atoms with Gasteiger partial charge in [0.1, 0.15) is 5.65 Å². The van der Waals surface area contributed by atoms with E-state index in [2.05, 4.69) is 20.1 Å². The number of aromatic nitrogens is 3. The van der Waals surface area contributed by atoms with Gasteiger partial charge < -0.3 is 13.7 Å². The lowest BCUT2D eigenvalue weighted by atomic mass is 9.98. The molecule has 1 N–H and O–H groups in total. The number of benzene rings is 2. The van der Waals surface area contributed by atoms with E-state index in [1.54, 1.807) is 6.07 Å². The molecule has 0 aliphatic heterocycles. The van der Waals surface area contributed by atoms with Gasteiger partial charge in [0.2, 0.25) is 0 Å². The van der Waals surface area contributed by atoms with E-state index < -0.39 is 10.5 Å². The number of halogens is 1. The number of terminal acetylenes is 1. The number of H-pyrrole nitrogens is 1. The van der Waals surface area contributed by atoms with E-state index in [-0.39, 0.29) is 11.2 Å². The topological polar surface area (TPSA) is 94.1 Å². The van der Waals surface area contributed by atoms with E-state index in [9.17, 15) is 17.1 Å². The normalized spacial score (nSPS) is 11.8. The van der Waals surface area contributed by atoms with Crippen molar-refractivity contribution in [2.45, 2.75) is 20.4 Å². The first kappa shape index (κ1) is 21.7. The fourth-order valence-corrected chi connectivity index (χ4v) is 4.75. The maximum absolute atomic E-state index is 13.6. The fourth-order valence-electron chi connectivity index (χ4n) is 4.43. The zero-order valence-electron chi connectivity index (χ0n) is 18.2. The van der Waals surface area contributed by atoms with Crippen LogP contribution in [0.25, 0.3) is 44.0 Å². The highest BCUT2D eigenvalue weighted by molar-refractivity contribution is 7.81. The van der Waals surface area contributed by atoms with Crippen LogP contribution in [0.3, 0.4) is 0 Å². The molecule has 5 aromatic rings. The first-order valence-corrected chi connectivity index (χ1v) is 11.7. The molecule has 34 heavy (non-hydrogen) atoms. The predicted molar refractivity (Wildman–Crippen MR) is 130 cm³/mol. The fraction of sp³-hybridized carbons (Fsp3) is 0.120. The molecule has 2 aromatic carbocycles. The third-order valence-electron chi connectivity index (χ3n) is 5.86. The minimum atomic E-state index is -5.18. The summed E-state index contributed by atoms with van der Waals surface area (Å²) in [5, 5.41) is 1.93. The molecule has 0 spiro atoms. The Labute approximate surface area is 194 Å². The Morgan fingerprint density at radius 3 is 2.68 bits per heavy atom. The standard InChI is InChI=1S/C25H18FN3O4S/c1-4-15-6-7-18-21(9-15)28-25-23(18)24(30)20-8-14(3)19(11-22(20)29(25)5-2)16-10-17(13-27-12-16)33-34(26,31)32/h1,6-13,28H,5H2,2-3H3. The zero-order chi connectivity index (χ0) is 24.2. The van der Waals surface area contributed by atoms with Crippen molar-refractivity contribution in [3.63, 3.8) is 0 Å². The molecular weight excluding hydrogens is 457 g/mol. The molecule has 0 fully saturated rings. The summed E-state index contributed by atoms with van der Waals surface area (Å²) in [6, 6.07) is 10.5.